The zero-order valence-corrected chi connectivity index (χ0v) is 13.6. The Bertz CT molecular complexity index is 729. The quantitative estimate of drug-likeness (QED) is 0.930. The van der Waals surface area contributed by atoms with Crippen LogP contribution in [-0.4, -0.2) is 57.8 Å². The fraction of sp³-hybridized carbons (Fsp3) is 0.471. The lowest BCUT2D eigenvalue weighted by molar-refractivity contribution is -0.138. The number of benzene rings is 1. The molecule has 2 aromatic rings. The van der Waals surface area contributed by atoms with Gasteiger partial charge in [-0.05, 0) is 17.7 Å². The molecule has 1 N–H and O–H groups in total. The van der Waals surface area contributed by atoms with Gasteiger partial charge >= 0.3 is 0 Å². The predicted octanol–water partition coefficient (Wildman–Crippen LogP) is 1.36. The van der Waals surface area contributed by atoms with Gasteiger partial charge in [0.25, 0.3) is 0 Å². The molecule has 0 saturated carbocycles. The van der Waals surface area contributed by atoms with Gasteiger partial charge in [0.05, 0.1) is 17.5 Å². The molecule has 2 amide bonds. The van der Waals surface area contributed by atoms with Gasteiger partial charge in [0.1, 0.15) is 5.82 Å². The summed E-state index contributed by atoms with van der Waals surface area (Å²) in [7, 11) is 0. The molecule has 0 atom stereocenters. The highest BCUT2D eigenvalue weighted by atomic mass is 16.2. The van der Waals surface area contributed by atoms with Crippen molar-refractivity contribution in [3.8, 4) is 0 Å². The number of amides is 2. The Labute approximate surface area is 135 Å². The minimum Gasteiger partial charge on any atom is -0.342 e. The van der Waals surface area contributed by atoms with E-state index in [1.807, 2.05) is 23.1 Å². The van der Waals surface area contributed by atoms with Crippen molar-refractivity contribution in [1.29, 1.82) is 0 Å². The van der Waals surface area contributed by atoms with E-state index in [9.17, 15) is 9.59 Å². The van der Waals surface area contributed by atoms with Gasteiger partial charge in [0, 0.05) is 39.5 Å². The van der Waals surface area contributed by atoms with E-state index in [0.717, 1.165) is 28.8 Å². The first kappa shape index (κ1) is 15.5. The van der Waals surface area contributed by atoms with E-state index in [1.165, 1.54) is 0 Å². The highest BCUT2D eigenvalue weighted by Crippen LogP contribution is 2.15. The minimum atomic E-state index is 0.0773. The number of carbonyl (C=O) groups is 2. The van der Waals surface area contributed by atoms with E-state index >= 15 is 0 Å². The van der Waals surface area contributed by atoms with E-state index in [0.29, 0.717) is 32.6 Å². The third-order valence-corrected chi connectivity index (χ3v) is 4.36. The molecule has 3 rings (SSSR count). The van der Waals surface area contributed by atoms with Crippen LogP contribution >= 0.6 is 0 Å². The third kappa shape index (κ3) is 3.36. The Hall–Kier alpha value is -2.37. The second-order valence-corrected chi connectivity index (χ2v) is 5.95. The summed E-state index contributed by atoms with van der Waals surface area (Å²) in [5, 5.41) is 0. The molecule has 23 heavy (non-hydrogen) atoms. The number of aromatic nitrogens is 2. The number of nitrogens with zero attached hydrogens (tertiary/aromatic N) is 3. The molecule has 1 aromatic heterocycles. The van der Waals surface area contributed by atoms with Crippen LogP contribution in [0.3, 0.4) is 0 Å². The largest absolute Gasteiger partial charge is 0.342 e. The Balaban J connectivity index is 1.65. The molecule has 0 bridgehead atoms. The summed E-state index contributed by atoms with van der Waals surface area (Å²) >= 11 is 0. The molecule has 2 heterocycles. The molecule has 1 saturated heterocycles. The van der Waals surface area contributed by atoms with Gasteiger partial charge in [-0.25, -0.2) is 4.98 Å². The molecule has 0 aliphatic carbocycles. The summed E-state index contributed by atoms with van der Waals surface area (Å²) < 4.78 is 0. The third-order valence-electron chi connectivity index (χ3n) is 4.36. The fourth-order valence-corrected chi connectivity index (χ4v) is 2.94. The van der Waals surface area contributed by atoms with Crippen molar-refractivity contribution in [3.05, 3.63) is 29.6 Å². The number of fused-ring (bicyclic) bond motifs is 1. The molecule has 122 valence electrons. The van der Waals surface area contributed by atoms with Gasteiger partial charge in [0.2, 0.25) is 11.8 Å². The highest BCUT2D eigenvalue weighted by molar-refractivity contribution is 5.82. The molecule has 0 unspecified atom stereocenters. The van der Waals surface area contributed by atoms with Crippen LogP contribution in [0, 0.1) is 0 Å². The molecule has 1 fully saturated rings. The van der Waals surface area contributed by atoms with Gasteiger partial charge < -0.3 is 14.8 Å². The van der Waals surface area contributed by atoms with Crippen molar-refractivity contribution in [2.45, 2.75) is 26.7 Å². The fourth-order valence-electron chi connectivity index (χ4n) is 2.94. The number of aromatic amines is 1. The topological polar surface area (TPSA) is 69.3 Å². The first-order valence-electron chi connectivity index (χ1n) is 8.07. The summed E-state index contributed by atoms with van der Waals surface area (Å²) in [4.78, 5) is 35.1. The second-order valence-electron chi connectivity index (χ2n) is 5.95. The van der Waals surface area contributed by atoms with Crippen LogP contribution in [0.25, 0.3) is 11.0 Å². The molecule has 0 radical (unpaired) electrons. The van der Waals surface area contributed by atoms with Gasteiger partial charge in [-0.15, -0.1) is 0 Å². The van der Waals surface area contributed by atoms with Crippen molar-refractivity contribution in [2.24, 2.45) is 0 Å². The Morgan fingerprint density at radius 3 is 2.52 bits per heavy atom. The maximum atomic E-state index is 12.4. The van der Waals surface area contributed by atoms with Crippen LogP contribution in [-0.2, 0) is 22.4 Å². The zero-order chi connectivity index (χ0) is 16.4. The van der Waals surface area contributed by atoms with Crippen LogP contribution in [0.1, 0.15) is 25.2 Å². The number of hydrogen-bond acceptors (Lipinski definition) is 3. The summed E-state index contributed by atoms with van der Waals surface area (Å²) in [6.07, 6.45) is 1.25. The van der Waals surface area contributed by atoms with Crippen LogP contribution < -0.4 is 0 Å². The number of rotatable bonds is 3. The van der Waals surface area contributed by atoms with Crippen LogP contribution in [0.5, 0.6) is 0 Å². The van der Waals surface area contributed by atoms with E-state index in [4.69, 9.17) is 0 Å². The van der Waals surface area contributed by atoms with Crippen LogP contribution in [0.15, 0.2) is 18.2 Å². The van der Waals surface area contributed by atoms with Crippen molar-refractivity contribution in [3.63, 3.8) is 0 Å². The minimum absolute atomic E-state index is 0.0773. The number of piperazine rings is 1. The summed E-state index contributed by atoms with van der Waals surface area (Å²) in [5.74, 6) is 1.15. The van der Waals surface area contributed by atoms with Gasteiger partial charge in [-0.2, -0.15) is 0 Å². The molecule has 1 aromatic carbocycles. The maximum absolute atomic E-state index is 12.4. The second kappa shape index (κ2) is 6.40. The zero-order valence-electron chi connectivity index (χ0n) is 13.6. The summed E-state index contributed by atoms with van der Waals surface area (Å²) in [6, 6.07) is 5.93. The first-order valence-corrected chi connectivity index (χ1v) is 8.07. The number of imidazole rings is 1. The van der Waals surface area contributed by atoms with E-state index in [1.54, 1.807) is 11.8 Å². The standard InChI is InChI=1S/C17H22N4O2/c1-3-16-18-14-5-4-13(10-15(14)19-16)11-17(23)21-8-6-20(7-9-21)12(2)22/h4-5,10H,3,6-9,11H2,1-2H3,(H,18,19). The molecule has 0 spiro atoms. The Morgan fingerprint density at radius 1 is 1.17 bits per heavy atom. The molecule has 1 aliphatic heterocycles. The number of H-pyrrole nitrogens is 1. The smallest absolute Gasteiger partial charge is 0.227 e. The van der Waals surface area contributed by atoms with Crippen LogP contribution in [0.4, 0.5) is 0 Å². The number of aryl methyl sites for hydroxylation is 1. The SMILES string of the molecule is CCc1nc2ccc(CC(=O)N3CCN(C(C)=O)CC3)cc2[nH]1. The van der Waals surface area contributed by atoms with E-state index < -0.39 is 0 Å². The summed E-state index contributed by atoms with van der Waals surface area (Å²) in [6.45, 7) is 6.11. The molecule has 6 nitrogen and oxygen atoms in total. The lowest BCUT2D eigenvalue weighted by Gasteiger charge is -2.34. The number of hydrogen-bond donors (Lipinski definition) is 1. The average molecular weight is 314 g/mol. The first-order chi connectivity index (χ1) is 11.1. The predicted molar refractivity (Wildman–Crippen MR) is 88.0 cm³/mol. The Kier molecular flexibility index (Phi) is 4.32. The van der Waals surface area contributed by atoms with Gasteiger partial charge in [-0.3, -0.25) is 9.59 Å². The maximum Gasteiger partial charge on any atom is 0.227 e. The number of nitrogens with one attached hydrogen (secondary N) is 1. The average Bonchev–Trinajstić information content (AvgIpc) is 2.97. The molecule has 1 aliphatic rings. The van der Waals surface area contributed by atoms with Crippen molar-refractivity contribution < 1.29 is 9.59 Å². The Morgan fingerprint density at radius 2 is 1.87 bits per heavy atom. The van der Waals surface area contributed by atoms with E-state index in [2.05, 4.69) is 16.9 Å². The summed E-state index contributed by atoms with van der Waals surface area (Å²) in [5.41, 5.74) is 2.91. The van der Waals surface area contributed by atoms with Crippen molar-refractivity contribution in [1.82, 2.24) is 19.8 Å². The molecular formula is C17H22N4O2. The highest BCUT2D eigenvalue weighted by Gasteiger charge is 2.22. The van der Waals surface area contributed by atoms with Crippen molar-refractivity contribution >= 4 is 22.8 Å². The van der Waals surface area contributed by atoms with Gasteiger partial charge in [0.15, 0.2) is 0 Å². The van der Waals surface area contributed by atoms with Crippen LogP contribution in [0.2, 0.25) is 0 Å². The van der Waals surface area contributed by atoms with Crippen molar-refractivity contribution in [2.75, 3.05) is 26.2 Å². The molecular weight excluding hydrogens is 292 g/mol. The van der Waals surface area contributed by atoms with E-state index in [-0.39, 0.29) is 11.8 Å². The lowest BCUT2D eigenvalue weighted by Crippen LogP contribution is -2.50. The normalized spacial score (nSPS) is 15.2. The monoisotopic (exact) mass is 314 g/mol. The molecule has 6 heteroatoms. The van der Waals surface area contributed by atoms with Gasteiger partial charge in [-0.1, -0.05) is 13.0 Å². The lowest BCUT2D eigenvalue weighted by atomic mass is 10.1. The number of carbonyl (C=O) groups excluding carboxylic acids is 2.